The SMILES string of the molecule is Cc1ccc(S(=O)(=O)c2ccc(N)cc2)cn1. The number of rotatable bonds is 2. The quantitative estimate of drug-likeness (QED) is 0.822. The van der Waals surface area contributed by atoms with Gasteiger partial charge in [-0.3, -0.25) is 4.98 Å². The number of aromatic nitrogens is 1. The first-order chi connectivity index (χ1) is 8.00. The molecule has 0 aliphatic carbocycles. The molecule has 5 heteroatoms. The number of nitrogens with zero attached hydrogens (tertiary/aromatic N) is 1. The molecule has 0 saturated heterocycles. The van der Waals surface area contributed by atoms with Crippen LogP contribution in [-0.4, -0.2) is 13.4 Å². The molecule has 17 heavy (non-hydrogen) atoms. The molecule has 1 aromatic heterocycles. The van der Waals surface area contributed by atoms with Crippen molar-refractivity contribution in [2.45, 2.75) is 16.7 Å². The van der Waals surface area contributed by atoms with Crippen molar-refractivity contribution >= 4 is 15.5 Å². The number of nitrogens with two attached hydrogens (primary N) is 1. The first kappa shape index (κ1) is 11.6. The lowest BCUT2D eigenvalue weighted by molar-refractivity contribution is 0.595. The van der Waals surface area contributed by atoms with Gasteiger partial charge in [0.2, 0.25) is 9.84 Å². The number of pyridine rings is 1. The van der Waals surface area contributed by atoms with E-state index in [-0.39, 0.29) is 9.79 Å². The molecule has 0 spiro atoms. The van der Waals surface area contributed by atoms with Gasteiger partial charge in [0.25, 0.3) is 0 Å². The van der Waals surface area contributed by atoms with Gasteiger partial charge >= 0.3 is 0 Å². The number of benzene rings is 1. The Morgan fingerprint density at radius 1 is 1.00 bits per heavy atom. The first-order valence-corrected chi connectivity index (χ1v) is 6.52. The van der Waals surface area contributed by atoms with Crippen LogP contribution in [0.2, 0.25) is 0 Å². The standard InChI is InChI=1S/C12H12N2O2S/c1-9-2-5-12(8-14-9)17(15,16)11-6-3-10(13)4-7-11/h2-8H,13H2,1H3. The molecule has 0 radical (unpaired) electrons. The summed E-state index contributed by atoms with van der Waals surface area (Å²) in [6.45, 7) is 1.81. The van der Waals surface area contributed by atoms with E-state index in [1.54, 1.807) is 31.2 Å². The van der Waals surface area contributed by atoms with Crippen LogP contribution in [-0.2, 0) is 9.84 Å². The van der Waals surface area contributed by atoms with E-state index in [1.165, 1.54) is 18.3 Å². The fourth-order valence-corrected chi connectivity index (χ4v) is 2.60. The number of hydrogen-bond acceptors (Lipinski definition) is 4. The molecule has 0 saturated carbocycles. The highest BCUT2D eigenvalue weighted by atomic mass is 32.2. The molecule has 2 N–H and O–H groups in total. The van der Waals surface area contributed by atoms with Crippen molar-refractivity contribution in [3.05, 3.63) is 48.3 Å². The van der Waals surface area contributed by atoms with E-state index >= 15 is 0 Å². The summed E-state index contributed by atoms with van der Waals surface area (Å²) in [5.41, 5.74) is 6.83. The number of anilines is 1. The summed E-state index contributed by atoms with van der Waals surface area (Å²) in [7, 11) is -3.49. The summed E-state index contributed by atoms with van der Waals surface area (Å²) in [5.74, 6) is 0. The zero-order valence-corrected chi connectivity index (χ0v) is 10.1. The minimum absolute atomic E-state index is 0.188. The average molecular weight is 248 g/mol. The third-order valence-corrected chi connectivity index (χ3v) is 4.14. The third kappa shape index (κ3) is 2.29. The van der Waals surface area contributed by atoms with E-state index in [4.69, 9.17) is 5.73 Å². The number of nitrogen functional groups attached to an aromatic ring is 1. The highest BCUT2D eigenvalue weighted by Crippen LogP contribution is 2.20. The summed E-state index contributed by atoms with van der Waals surface area (Å²) >= 11 is 0. The Bertz CT molecular complexity index is 565. The molecule has 2 rings (SSSR count). The second kappa shape index (κ2) is 4.18. The predicted octanol–water partition coefficient (Wildman–Crippen LogP) is 1.81. The molecule has 1 heterocycles. The topological polar surface area (TPSA) is 73.0 Å². The van der Waals surface area contributed by atoms with Gasteiger partial charge in [0.15, 0.2) is 0 Å². The monoisotopic (exact) mass is 248 g/mol. The summed E-state index contributed by atoms with van der Waals surface area (Å²) in [6, 6.07) is 9.33. The van der Waals surface area contributed by atoms with Crippen LogP contribution in [0.15, 0.2) is 52.4 Å². The summed E-state index contributed by atoms with van der Waals surface area (Å²) in [4.78, 5) is 4.39. The molecule has 0 fully saturated rings. The molecular formula is C12H12N2O2S. The molecule has 1 aromatic carbocycles. The van der Waals surface area contributed by atoms with Crippen LogP contribution < -0.4 is 5.73 Å². The van der Waals surface area contributed by atoms with Gasteiger partial charge in [0.05, 0.1) is 9.79 Å². The average Bonchev–Trinajstić information content (AvgIpc) is 2.30. The minimum atomic E-state index is -3.49. The van der Waals surface area contributed by atoms with Gasteiger partial charge in [-0.25, -0.2) is 8.42 Å². The number of aryl methyl sites for hydroxylation is 1. The van der Waals surface area contributed by atoms with Crippen molar-refractivity contribution in [1.82, 2.24) is 4.98 Å². The zero-order valence-electron chi connectivity index (χ0n) is 9.29. The Morgan fingerprint density at radius 2 is 1.59 bits per heavy atom. The van der Waals surface area contributed by atoms with Crippen LogP contribution in [0.5, 0.6) is 0 Å². The fourth-order valence-electron chi connectivity index (χ4n) is 1.40. The predicted molar refractivity (Wildman–Crippen MR) is 65.3 cm³/mol. The fraction of sp³-hybridized carbons (Fsp3) is 0.0833. The van der Waals surface area contributed by atoms with E-state index in [1.807, 2.05) is 0 Å². The molecule has 88 valence electrons. The van der Waals surface area contributed by atoms with Gasteiger partial charge in [-0.1, -0.05) is 0 Å². The Balaban J connectivity index is 2.50. The molecule has 4 nitrogen and oxygen atoms in total. The molecule has 0 atom stereocenters. The van der Waals surface area contributed by atoms with E-state index in [9.17, 15) is 8.42 Å². The molecule has 0 aliphatic rings. The third-order valence-electron chi connectivity index (χ3n) is 2.38. The lowest BCUT2D eigenvalue weighted by Gasteiger charge is -2.04. The van der Waals surface area contributed by atoms with E-state index in [0.29, 0.717) is 5.69 Å². The normalized spacial score (nSPS) is 11.4. The van der Waals surface area contributed by atoms with Crippen molar-refractivity contribution in [1.29, 1.82) is 0 Å². The van der Waals surface area contributed by atoms with E-state index in [2.05, 4.69) is 4.98 Å². The van der Waals surface area contributed by atoms with Gasteiger partial charge < -0.3 is 5.73 Å². The van der Waals surface area contributed by atoms with Crippen LogP contribution in [0, 0.1) is 6.92 Å². The second-order valence-electron chi connectivity index (χ2n) is 3.71. The summed E-state index contributed by atoms with van der Waals surface area (Å²) in [6.07, 6.45) is 1.36. The van der Waals surface area contributed by atoms with Gasteiger partial charge in [-0.2, -0.15) is 0 Å². The van der Waals surface area contributed by atoms with Crippen LogP contribution in [0.4, 0.5) is 5.69 Å². The highest BCUT2D eigenvalue weighted by molar-refractivity contribution is 7.91. The second-order valence-corrected chi connectivity index (χ2v) is 5.66. The van der Waals surface area contributed by atoms with Crippen molar-refractivity contribution in [2.24, 2.45) is 0 Å². The van der Waals surface area contributed by atoms with Gasteiger partial charge in [-0.05, 0) is 43.3 Å². The van der Waals surface area contributed by atoms with Crippen molar-refractivity contribution in [3.8, 4) is 0 Å². The molecule has 0 unspecified atom stereocenters. The van der Waals surface area contributed by atoms with Crippen molar-refractivity contribution < 1.29 is 8.42 Å². The van der Waals surface area contributed by atoms with Gasteiger partial charge in [0, 0.05) is 17.6 Å². The molecule has 0 amide bonds. The van der Waals surface area contributed by atoms with E-state index in [0.717, 1.165) is 5.69 Å². The smallest absolute Gasteiger partial charge is 0.208 e. The van der Waals surface area contributed by atoms with E-state index < -0.39 is 9.84 Å². The lowest BCUT2D eigenvalue weighted by atomic mass is 10.3. The van der Waals surface area contributed by atoms with Crippen LogP contribution >= 0.6 is 0 Å². The van der Waals surface area contributed by atoms with Crippen molar-refractivity contribution in [3.63, 3.8) is 0 Å². The minimum Gasteiger partial charge on any atom is -0.399 e. The van der Waals surface area contributed by atoms with Gasteiger partial charge in [0.1, 0.15) is 0 Å². The Hall–Kier alpha value is -1.88. The number of hydrogen-bond donors (Lipinski definition) is 1. The summed E-state index contributed by atoms with van der Waals surface area (Å²) < 4.78 is 24.4. The zero-order chi connectivity index (χ0) is 12.5. The van der Waals surface area contributed by atoms with Crippen LogP contribution in [0.3, 0.4) is 0 Å². The molecule has 0 bridgehead atoms. The Kier molecular flexibility index (Phi) is 2.85. The maximum absolute atomic E-state index is 12.2. The van der Waals surface area contributed by atoms with Crippen molar-refractivity contribution in [2.75, 3.05) is 5.73 Å². The Morgan fingerprint density at radius 3 is 2.12 bits per heavy atom. The highest BCUT2D eigenvalue weighted by Gasteiger charge is 2.17. The maximum Gasteiger partial charge on any atom is 0.208 e. The molecular weight excluding hydrogens is 236 g/mol. The molecule has 0 aliphatic heterocycles. The Labute approximate surface area is 100 Å². The summed E-state index contributed by atoms with van der Waals surface area (Å²) in [5, 5.41) is 0. The van der Waals surface area contributed by atoms with Crippen LogP contribution in [0.25, 0.3) is 0 Å². The first-order valence-electron chi connectivity index (χ1n) is 5.03. The number of sulfone groups is 1. The van der Waals surface area contributed by atoms with Crippen LogP contribution in [0.1, 0.15) is 5.69 Å². The van der Waals surface area contributed by atoms with Gasteiger partial charge in [-0.15, -0.1) is 0 Å². The lowest BCUT2D eigenvalue weighted by Crippen LogP contribution is -2.02. The largest absolute Gasteiger partial charge is 0.399 e. The molecule has 2 aromatic rings. The maximum atomic E-state index is 12.2.